The van der Waals surface area contributed by atoms with E-state index in [1.54, 1.807) is 0 Å². The number of rotatable bonds is 2. The molecule has 0 spiro atoms. The average molecular weight is 457 g/mol. The highest BCUT2D eigenvalue weighted by Crippen LogP contribution is 2.48. The van der Waals surface area contributed by atoms with Crippen LogP contribution >= 0.6 is 38.9 Å². The number of hydrogen-bond donors (Lipinski definition) is 0. The van der Waals surface area contributed by atoms with Gasteiger partial charge in [0.1, 0.15) is 5.75 Å². The minimum absolute atomic E-state index is 0.155. The lowest BCUT2D eigenvalue weighted by molar-refractivity contribution is 0.177. The van der Waals surface area contributed by atoms with Crippen molar-refractivity contribution >= 4 is 49.8 Å². The topological polar surface area (TPSA) is 14.2 Å². The largest absolute Gasteiger partial charge is 0.464 e. The molecule has 134 valence electrons. The average Bonchev–Trinajstić information content (AvgIpc) is 3.26. The molecular weight excluding hydrogens is 442 g/mol. The third kappa shape index (κ3) is 2.58. The van der Waals surface area contributed by atoms with Crippen LogP contribution in [0.15, 0.2) is 59.1 Å². The zero-order valence-corrected chi connectivity index (χ0v) is 17.4. The van der Waals surface area contributed by atoms with Gasteiger partial charge in [-0.3, -0.25) is 4.57 Å². The molecule has 0 bridgehead atoms. The van der Waals surface area contributed by atoms with Crippen molar-refractivity contribution in [3.8, 4) is 17.0 Å². The molecule has 2 aromatic carbocycles. The molecule has 1 saturated carbocycles. The van der Waals surface area contributed by atoms with Crippen molar-refractivity contribution in [1.82, 2.24) is 4.57 Å². The summed E-state index contributed by atoms with van der Waals surface area (Å²) in [7, 11) is 0. The summed E-state index contributed by atoms with van der Waals surface area (Å²) in [4.78, 5) is 2.73. The van der Waals surface area contributed by atoms with E-state index >= 15 is 0 Å². The summed E-state index contributed by atoms with van der Waals surface area (Å²) in [5, 5.41) is 1.90. The molecule has 2 nitrogen and oxygen atoms in total. The van der Waals surface area contributed by atoms with E-state index in [-0.39, 0.29) is 6.23 Å². The van der Waals surface area contributed by atoms with Crippen LogP contribution in [0.5, 0.6) is 5.75 Å². The summed E-state index contributed by atoms with van der Waals surface area (Å²) >= 11 is 11.7. The van der Waals surface area contributed by atoms with Crippen molar-refractivity contribution in [1.29, 1.82) is 0 Å². The summed E-state index contributed by atoms with van der Waals surface area (Å²) < 4.78 is 9.88. The van der Waals surface area contributed by atoms with Gasteiger partial charge in [0.05, 0.1) is 16.1 Å². The van der Waals surface area contributed by atoms with E-state index in [9.17, 15) is 0 Å². The Morgan fingerprint density at radius 3 is 2.70 bits per heavy atom. The van der Waals surface area contributed by atoms with Gasteiger partial charge in [0.2, 0.25) is 6.23 Å². The van der Waals surface area contributed by atoms with E-state index in [1.807, 2.05) is 23.5 Å². The lowest BCUT2D eigenvalue weighted by Crippen LogP contribution is -2.21. The second kappa shape index (κ2) is 5.87. The van der Waals surface area contributed by atoms with E-state index in [0.29, 0.717) is 0 Å². The highest BCUT2D eigenvalue weighted by molar-refractivity contribution is 9.10. The quantitative estimate of drug-likeness (QED) is 0.303. The van der Waals surface area contributed by atoms with Crippen molar-refractivity contribution in [3.63, 3.8) is 0 Å². The lowest BCUT2D eigenvalue weighted by Gasteiger charge is -2.29. The molecule has 6 rings (SSSR count). The first kappa shape index (κ1) is 16.2. The molecule has 1 atom stereocenters. The van der Waals surface area contributed by atoms with E-state index in [4.69, 9.17) is 16.3 Å². The van der Waals surface area contributed by atoms with Gasteiger partial charge in [-0.05, 0) is 73.4 Å². The highest BCUT2D eigenvalue weighted by Gasteiger charge is 2.32. The number of benzene rings is 2. The number of hydrogen-bond acceptors (Lipinski definition) is 2. The summed E-state index contributed by atoms with van der Waals surface area (Å²) in [6.45, 7) is 0. The fourth-order valence-electron chi connectivity index (χ4n) is 3.92. The third-order valence-electron chi connectivity index (χ3n) is 5.36. The first-order valence-electron chi connectivity index (χ1n) is 9.04. The van der Waals surface area contributed by atoms with Gasteiger partial charge in [0, 0.05) is 25.3 Å². The number of nitrogens with zero attached hydrogens (tertiary/aromatic N) is 1. The van der Waals surface area contributed by atoms with Gasteiger partial charge in [-0.2, -0.15) is 0 Å². The second-order valence-corrected chi connectivity index (χ2v) is 9.73. The first-order valence-corrected chi connectivity index (χ1v) is 11.0. The van der Waals surface area contributed by atoms with Crippen LogP contribution < -0.4 is 4.74 Å². The van der Waals surface area contributed by atoms with Gasteiger partial charge >= 0.3 is 0 Å². The first-order chi connectivity index (χ1) is 13.2. The van der Waals surface area contributed by atoms with Crippen LogP contribution in [-0.2, 0) is 0 Å². The molecule has 2 aromatic heterocycles. The molecule has 0 saturated heterocycles. The molecule has 0 radical (unpaired) electrons. The molecule has 1 fully saturated rings. The Morgan fingerprint density at radius 2 is 1.85 bits per heavy atom. The molecule has 27 heavy (non-hydrogen) atoms. The smallest absolute Gasteiger partial charge is 0.212 e. The van der Waals surface area contributed by atoms with Crippen molar-refractivity contribution in [2.24, 2.45) is 0 Å². The minimum atomic E-state index is -0.155. The summed E-state index contributed by atoms with van der Waals surface area (Å²) in [6, 6.07) is 19.1. The SMILES string of the molecule is Clc1ccc2c(c1)cc1n2C(c2ccc(C3CC3)s2)Oc2cc(Br)ccc2-1. The van der Waals surface area contributed by atoms with Gasteiger partial charge in [0.25, 0.3) is 0 Å². The third-order valence-corrected chi connectivity index (χ3v) is 7.37. The van der Waals surface area contributed by atoms with E-state index in [0.717, 1.165) is 37.6 Å². The van der Waals surface area contributed by atoms with Gasteiger partial charge in [0.15, 0.2) is 0 Å². The fourth-order valence-corrected chi connectivity index (χ4v) is 5.64. The van der Waals surface area contributed by atoms with Crippen LogP contribution in [0, 0.1) is 0 Å². The summed E-state index contributed by atoms with van der Waals surface area (Å²) in [5.74, 6) is 1.67. The fraction of sp³-hybridized carbons (Fsp3) is 0.182. The Balaban J connectivity index is 1.60. The van der Waals surface area contributed by atoms with Crippen LogP contribution in [-0.4, -0.2) is 4.57 Å². The maximum absolute atomic E-state index is 6.55. The highest BCUT2D eigenvalue weighted by atomic mass is 79.9. The van der Waals surface area contributed by atoms with Crippen LogP contribution in [0.1, 0.15) is 34.7 Å². The molecule has 4 aromatic rings. The number of ether oxygens (including phenoxy) is 1. The molecule has 1 aliphatic heterocycles. The van der Waals surface area contributed by atoms with Crippen LogP contribution in [0.4, 0.5) is 0 Å². The van der Waals surface area contributed by atoms with Crippen molar-refractivity contribution in [2.45, 2.75) is 25.0 Å². The molecular formula is C22H15BrClNOS. The standard InChI is InChI=1S/C22H15BrClNOS/c23-14-3-5-16-18-10-13-9-15(24)4-6-17(13)25(18)22(26-19(16)11-14)21-8-7-20(27-21)12-1-2-12/h3-12,22H,1-2H2. The Morgan fingerprint density at radius 1 is 1.00 bits per heavy atom. The van der Waals surface area contributed by atoms with Gasteiger partial charge < -0.3 is 4.74 Å². The maximum atomic E-state index is 6.55. The van der Waals surface area contributed by atoms with Gasteiger partial charge in [-0.1, -0.05) is 27.5 Å². The molecule has 1 aliphatic carbocycles. The van der Waals surface area contributed by atoms with E-state index in [1.165, 1.54) is 28.3 Å². The normalized spacial score (nSPS) is 18.2. The monoisotopic (exact) mass is 455 g/mol. The molecule has 0 N–H and O–H groups in total. The summed E-state index contributed by atoms with van der Waals surface area (Å²) in [6.07, 6.45) is 2.48. The van der Waals surface area contributed by atoms with Crippen molar-refractivity contribution in [3.05, 3.63) is 73.8 Å². The number of halogens is 2. The zero-order chi connectivity index (χ0) is 18.1. The van der Waals surface area contributed by atoms with Gasteiger partial charge in [-0.15, -0.1) is 11.3 Å². The molecule has 3 heterocycles. The molecule has 1 unspecified atom stereocenters. The number of thiophene rings is 1. The van der Waals surface area contributed by atoms with Gasteiger partial charge in [-0.25, -0.2) is 0 Å². The second-order valence-electron chi connectivity index (χ2n) is 7.23. The number of aromatic nitrogens is 1. The van der Waals surface area contributed by atoms with Crippen LogP contribution in [0.25, 0.3) is 22.2 Å². The number of fused-ring (bicyclic) bond motifs is 5. The lowest BCUT2D eigenvalue weighted by atomic mass is 10.1. The maximum Gasteiger partial charge on any atom is 0.212 e. The van der Waals surface area contributed by atoms with Crippen molar-refractivity contribution < 1.29 is 4.74 Å². The Labute approximate surface area is 174 Å². The molecule has 2 aliphatic rings. The van der Waals surface area contributed by atoms with Crippen LogP contribution in [0.2, 0.25) is 5.02 Å². The Hall–Kier alpha value is -1.75. The Bertz CT molecular complexity index is 1210. The van der Waals surface area contributed by atoms with Crippen molar-refractivity contribution in [2.75, 3.05) is 0 Å². The zero-order valence-electron chi connectivity index (χ0n) is 14.3. The molecule has 5 heteroatoms. The Kier molecular flexibility index (Phi) is 3.53. The minimum Gasteiger partial charge on any atom is -0.464 e. The summed E-state index contributed by atoms with van der Waals surface area (Å²) in [5.41, 5.74) is 3.43. The predicted octanol–water partition coefficient (Wildman–Crippen LogP) is 7.60. The predicted molar refractivity (Wildman–Crippen MR) is 115 cm³/mol. The molecule has 0 amide bonds. The van der Waals surface area contributed by atoms with Crippen LogP contribution in [0.3, 0.4) is 0 Å². The van der Waals surface area contributed by atoms with E-state index < -0.39 is 0 Å². The van der Waals surface area contributed by atoms with E-state index in [2.05, 4.69) is 63.0 Å².